The molecule has 0 saturated heterocycles. The molecule has 0 heterocycles. The van der Waals surface area contributed by atoms with Crippen LogP contribution in [0, 0.1) is 6.92 Å². The molecule has 0 atom stereocenters. The van der Waals surface area contributed by atoms with Crippen molar-refractivity contribution in [1.29, 1.82) is 0 Å². The number of rotatable bonds is 13. The van der Waals surface area contributed by atoms with Crippen molar-refractivity contribution in [3.8, 4) is 0 Å². The maximum Gasteiger partial charge on any atom is 0.224 e. The summed E-state index contributed by atoms with van der Waals surface area (Å²) >= 11 is 0. The van der Waals surface area contributed by atoms with Gasteiger partial charge >= 0.3 is 0 Å². The Labute approximate surface area is 175 Å². The van der Waals surface area contributed by atoms with Gasteiger partial charge in [-0.3, -0.25) is 4.79 Å². The van der Waals surface area contributed by atoms with Gasteiger partial charge in [0.1, 0.15) is 0 Å². The van der Waals surface area contributed by atoms with Gasteiger partial charge in [0.2, 0.25) is 5.91 Å². The van der Waals surface area contributed by atoms with E-state index in [0.717, 1.165) is 29.9 Å². The molecule has 0 fully saturated rings. The van der Waals surface area contributed by atoms with E-state index < -0.39 is 0 Å². The molecule has 0 radical (unpaired) electrons. The van der Waals surface area contributed by atoms with Gasteiger partial charge in [0, 0.05) is 12.1 Å². The monoisotopic (exact) mass is 393 g/mol. The van der Waals surface area contributed by atoms with E-state index in [2.05, 4.69) is 22.5 Å². The summed E-state index contributed by atoms with van der Waals surface area (Å²) in [7, 11) is 0. The lowest BCUT2D eigenvalue weighted by Gasteiger charge is -2.05. The third-order valence-corrected chi connectivity index (χ3v) is 4.97. The van der Waals surface area contributed by atoms with Crippen molar-refractivity contribution in [2.45, 2.75) is 78.1 Å². The average Bonchev–Trinajstić information content (AvgIpc) is 2.73. The molecule has 0 spiro atoms. The van der Waals surface area contributed by atoms with Crippen LogP contribution in [0.3, 0.4) is 0 Å². The molecule has 0 aliphatic rings. The standard InChI is InChI=1S/C25H35N3O/c1-3-4-5-6-7-8-9-10-11-12-25(29)26-22-17-19-24(20-18-22)28-27-23-15-13-21(2)14-16-23/h13-20H,3-12H2,1-2H3,(H,26,29). The molecular formula is C25H35N3O. The van der Waals surface area contributed by atoms with E-state index in [9.17, 15) is 4.79 Å². The summed E-state index contributed by atoms with van der Waals surface area (Å²) in [5.41, 5.74) is 3.60. The van der Waals surface area contributed by atoms with Crippen LogP contribution in [0.5, 0.6) is 0 Å². The number of aryl methyl sites for hydroxylation is 1. The number of carbonyl (C=O) groups excluding carboxylic acids is 1. The van der Waals surface area contributed by atoms with Gasteiger partial charge in [0.05, 0.1) is 11.4 Å². The Bertz CT molecular complexity index is 736. The molecule has 156 valence electrons. The van der Waals surface area contributed by atoms with E-state index in [1.807, 2.05) is 55.5 Å². The smallest absolute Gasteiger partial charge is 0.224 e. The van der Waals surface area contributed by atoms with Crippen molar-refractivity contribution < 1.29 is 4.79 Å². The molecular weight excluding hydrogens is 358 g/mol. The van der Waals surface area contributed by atoms with Crippen LogP contribution in [0.2, 0.25) is 0 Å². The molecule has 0 aromatic heterocycles. The molecule has 0 aliphatic carbocycles. The number of hydrogen-bond acceptors (Lipinski definition) is 3. The minimum atomic E-state index is 0.0852. The molecule has 0 bridgehead atoms. The predicted molar refractivity (Wildman–Crippen MR) is 122 cm³/mol. The minimum absolute atomic E-state index is 0.0852. The number of carbonyl (C=O) groups is 1. The Hall–Kier alpha value is -2.49. The van der Waals surface area contributed by atoms with Crippen LogP contribution in [-0.4, -0.2) is 5.91 Å². The molecule has 4 nitrogen and oxygen atoms in total. The first-order chi connectivity index (χ1) is 14.2. The number of azo groups is 1. The van der Waals surface area contributed by atoms with Gasteiger partial charge in [0.25, 0.3) is 0 Å². The van der Waals surface area contributed by atoms with E-state index in [1.54, 1.807) is 0 Å². The number of nitrogens with zero attached hydrogens (tertiary/aromatic N) is 2. The molecule has 1 N–H and O–H groups in total. The number of unbranched alkanes of at least 4 members (excludes halogenated alkanes) is 8. The quantitative estimate of drug-likeness (QED) is 0.270. The second-order valence-electron chi connectivity index (χ2n) is 7.71. The van der Waals surface area contributed by atoms with Gasteiger partial charge in [-0.05, 0) is 49.7 Å². The Kier molecular flexibility index (Phi) is 10.7. The van der Waals surface area contributed by atoms with Crippen molar-refractivity contribution in [3.63, 3.8) is 0 Å². The van der Waals surface area contributed by atoms with Crippen molar-refractivity contribution >= 4 is 23.0 Å². The van der Waals surface area contributed by atoms with Gasteiger partial charge in [0.15, 0.2) is 0 Å². The van der Waals surface area contributed by atoms with Crippen LogP contribution in [0.1, 0.15) is 76.7 Å². The molecule has 2 aromatic rings. The number of amides is 1. The highest BCUT2D eigenvalue weighted by Crippen LogP contribution is 2.21. The van der Waals surface area contributed by atoms with Gasteiger partial charge in [-0.25, -0.2) is 0 Å². The summed E-state index contributed by atoms with van der Waals surface area (Å²) in [5.74, 6) is 0.0852. The van der Waals surface area contributed by atoms with Crippen LogP contribution in [-0.2, 0) is 4.79 Å². The van der Waals surface area contributed by atoms with Crippen LogP contribution in [0.25, 0.3) is 0 Å². The average molecular weight is 394 g/mol. The number of benzene rings is 2. The summed E-state index contributed by atoms with van der Waals surface area (Å²) in [6.45, 7) is 4.29. The van der Waals surface area contributed by atoms with Gasteiger partial charge in [-0.1, -0.05) is 76.0 Å². The Balaban J connectivity index is 1.62. The highest BCUT2D eigenvalue weighted by atomic mass is 16.1. The van der Waals surface area contributed by atoms with Crippen LogP contribution < -0.4 is 5.32 Å². The van der Waals surface area contributed by atoms with Crippen molar-refractivity contribution in [3.05, 3.63) is 54.1 Å². The Morgan fingerprint density at radius 1 is 0.724 bits per heavy atom. The Morgan fingerprint density at radius 2 is 1.21 bits per heavy atom. The number of anilines is 1. The fourth-order valence-electron chi connectivity index (χ4n) is 3.16. The zero-order valence-corrected chi connectivity index (χ0v) is 18.0. The zero-order valence-electron chi connectivity index (χ0n) is 18.0. The van der Waals surface area contributed by atoms with Crippen molar-refractivity contribution in [1.82, 2.24) is 0 Å². The van der Waals surface area contributed by atoms with Crippen LogP contribution in [0.4, 0.5) is 17.1 Å². The third-order valence-electron chi connectivity index (χ3n) is 4.97. The first-order valence-electron chi connectivity index (χ1n) is 11.1. The second kappa shape index (κ2) is 13.6. The topological polar surface area (TPSA) is 53.8 Å². The molecule has 2 aromatic carbocycles. The van der Waals surface area contributed by atoms with Crippen molar-refractivity contribution in [2.24, 2.45) is 10.2 Å². The largest absolute Gasteiger partial charge is 0.326 e. The van der Waals surface area contributed by atoms with Crippen molar-refractivity contribution in [2.75, 3.05) is 5.32 Å². The second-order valence-corrected chi connectivity index (χ2v) is 7.71. The lowest BCUT2D eigenvalue weighted by atomic mass is 10.1. The summed E-state index contributed by atoms with van der Waals surface area (Å²) in [6.07, 6.45) is 11.9. The molecule has 2 rings (SSSR count). The molecule has 4 heteroatoms. The first kappa shape index (κ1) is 22.8. The van der Waals surface area contributed by atoms with Gasteiger partial charge < -0.3 is 5.32 Å². The molecule has 1 amide bonds. The minimum Gasteiger partial charge on any atom is -0.326 e. The molecule has 0 aliphatic heterocycles. The highest BCUT2D eigenvalue weighted by Gasteiger charge is 2.02. The first-order valence-corrected chi connectivity index (χ1v) is 11.1. The summed E-state index contributed by atoms with van der Waals surface area (Å²) in [4.78, 5) is 12.1. The Morgan fingerprint density at radius 3 is 1.76 bits per heavy atom. The third kappa shape index (κ3) is 10.0. The summed E-state index contributed by atoms with van der Waals surface area (Å²) in [5, 5.41) is 11.4. The fourth-order valence-corrected chi connectivity index (χ4v) is 3.16. The lowest BCUT2D eigenvalue weighted by molar-refractivity contribution is -0.116. The molecule has 29 heavy (non-hydrogen) atoms. The lowest BCUT2D eigenvalue weighted by Crippen LogP contribution is -2.10. The van der Waals surface area contributed by atoms with E-state index in [0.29, 0.717) is 6.42 Å². The zero-order chi connectivity index (χ0) is 20.7. The normalized spacial score (nSPS) is 11.1. The predicted octanol–water partition coefficient (Wildman–Crippen LogP) is 8.27. The van der Waals surface area contributed by atoms with Crippen LogP contribution in [0.15, 0.2) is 58.8 Å². The van der Waals surface area contributed by atoms with Crippen LogP contribution >= 0.6 is 0 Å². The maximum absolute atomic E-state index is 12.1. The van der Waals surface area contributed by atoms with Gasteiger partial charge in [-0.15, -0.1) is 0 Å². The SMILES string of the molecule is CCCCCCCCCCCC(=O)Nc1ccc(N=Nc2ccc(C)cc2)cc1. The number of hydrogen-bond donors (Lipinski definition) is 1. The summed E-state index contributed by atoms with van der Waals surface area (Å²) < 4.78 is 0. The molecule has 0 saturated carbocycles. The van der Waals surface area contributed by atoms with E-state index in [1.165, 1.54) is 50.5 Å². The molecule has 0 unspecified atom stereocenters. The highest BCUT2D eigenvalue weighted by molar-refractivity contribution is 5.90. The fraction of sp³-hybridized carbons (Fsp3) is 0.480. The van der Waals surface area contributed by atoms with Gasteiger partial charge in [-0.2, -0.15) is 10.2 Å². The summed E-state index contributed by atoms with van der Waals surface area (Å²) in [6, 6.07) is 15.4. The van der Waals surface area contributed by atoms with E-state index in [-0.39, 0.29) is 5.91 Å². The van der Waals surface area contributed by atoms with E-state index >= 15 is 0 Å². The number of nitrogens with one attached hydrogen (secondary N) is 1. The maximum atomic E-state index is 12.1. The van der Waals surface area contributed by atoms with E-state index in [4.69, 9.17) is 0 Å².